The van der Waals surface area contributed by atoms with E-state index in [1.165, 1.54) is 94.8 Å². The first-order chi connectivity index (χ1) is 12.3. The Hall–Kier alpha value is -0.240. The minimum absolute atomic E-state index is 0. The van der Waals surface area contributed by atoms with Crippen molar-refractivity contribution >= 4 is 24.0 Å². The number of halogens is 2. The van der Waals surface area contributed by atoms with E-state index in [0.29, 0.717) is 5.92 Å². The van der Waals surface area contributed by atoms with Gasteiger partial charge in [-0.2, -0.15) is 0 Å². The first-order valence-electron chi connectivity index (χ1n) is 10.8. The molecule has 3 heteroatoms. The van der Waals surface area contributed by atoms with Gasteiger partial charge in [0.15, 0.2) is 0 Å². The fourth-order valence-corrected chi connectivity index (χ4v) is 5.36. The first kappa shape index (κ1) is 22.1. The van der Waals surface area contributed by atoms with Gasteiger partial charge in [-0.1, -0.05) is 69.2 Å². The molecule has 0 aromatic heterocycles. The molecule has 0 radical (unpaired) electrons. The molecule has 2 saturated carbocycles. The number of aryl methyl sites for hydroxylation is 1. The van der Waals surface area contributed by atoms with E-state index in [-0.39, 0.29) is 12.4 Å². The average Bonchev–Trinajstić information content (AvgIpc) is 2.67. The zero-order chi connectivity index (χ0) is 17.5. The smallest absolute Gasteiger partial charge is 0.0443 e. The van der Waals surface area contributed by atoms with Crippen LogP contribution in [0, 0.1) is 0 Å². The molecule has 2 aliphatic rings. The number of hydrogen-bond donors (Lipinski definition) is 0. The molecule has 0 N–H and O–H groups in total. The SMILES string of the molecule is CCN(CCCc1ccc(C2CCCCC2)c(Cl)c1)C1CCCCC1.Cl. The summed E-state index contributed by atoms with van der Waals surface area (Å²) in [7, 11) is 0. The van der Waals surface area contributed by atoms with Gasteiger partial charge in [0, 0.05) is 11.1 Å². The molecule has 1 aromatic rings. The summed E-state index contributed by atoms with van der Waals surface area (Å²) >= 11 is 6.64. The van der Waals surface area contributed by atoms with Crippen molar-refractivity contribution in [1.82, 2.24) is 4.90 Å². The molecular formula is C23H37Cl2N. The summed E-state index contributed by atoms with van der Waals surface area (Å²) < 4.78 is 0. The van der Waals surface area contributed by atoms with Crippen LogP contribution in [0.15, 0.2) is 18.2 Å². The maximum Gasteiger partial charge on any atom is 0.0443 e. The normalized spacial score (nSPS) is 19.5. The minimum atomic E-state index is 0. The Morgan fingerprint density at radius 1 is 0.962 bits per heavy atom. The summed E-state index contributed by atoms with van der Waals surface area (Å²) in [6, 6.07) is 7.76. The van der Waals surface area contributed by atoms with E-state index in [1.807, 2.05) is 0 Å². The van der Waals surface area contributed by atoms with Crippen LogP contribution in [0.2, 0.25) is 5.02 Å². The van der Waals surface area contributed by atoms with Crippen LogP contribution in [-0.2, 0) is 6.42 Å². The molecule has 0 spiro atoms. The lowest BCUT2D eigenvalue weighted by Crippen LogP contribution is -2.37. The van der Waals surface area contributed by atoms with Crippen molar-refractivity contribution in [2.24, 2.45) is 0 Å². The van der Waals surface area contributed by atoms with Crippen LogP contribution >= 0.6 is 24.0 Å². The Balaban J connectivity index is 0.00000243. The van der Waals surface area contributed by atoms with Gasteiger partial charge >= 0.3 is 0 Å². The van der Waals surface area contributed by atoms with E-state index in [9.17, 15) is 0 Å². The summed E-state index contributed by atoms with van der Waals surface area (Å²) in [6.45, 7) is 4.76. The molecule has 0 heterocycles. The highest BCUT2D eigenvalue weighted by Gasteiger charge is 2.20. The topological polar surface area (TPSA) is 3.24 Å². The standard InChI is InChI=1S/C23H36ClN.ClH/c1-2-25(21-13-7-4-8-14-21)17-9-10-19-15-16-22(23(24)18-19)20-11-5-3-6-12-20;/h15-16,18,20-21H,2-14,17H2,1H3;1H. The number of rotatable bonds is 7. The number of hydrogen-bond acceptors (Lipinski definition) is 1. The minimum Gasteiger partial charge on any atom is -0.301 e. The van der Waals surface area contributed by atoms with Crippen molar-refractivity contribution in [1.29, 1.82) is 0 Å². The summed E-state index contributed by atoms with van der Waals surface area (Å²) in [5.41, 5.74) is 2.83. The van der Waals surface area contributed by atoms with Gasteiger partial charge in [0.25, 0.3) is 0 Å². The highest BCUT2D eigenvalue weighted by molar-refractivity contribution is 6.31. The lowest BCUT2D eigenvalue weighted by Gasteiger charge is -2.33. The Labute approximate surface area is 172 Å². The Morgan fingerprint density at radius 3 is 2.23 bits per heavy atom. The van der Waals surface area contributed by atoms with Crippen molar-refractivity contribution in [2.75, 3.05) is 13.1 Å². The van der Waals surface area contributed by atoms with Crippen molar-refractivity contribution in [2.45, 2.75) is 95.9 Å². The highest BCUT2D eigenvalue weighted by Crippen LogP contribution is 2.36. The van der Waals surface area contributed by atoms with Crippen LogP contribution in [0.5, 0.6) is 0 Å². The first-order valence-corrected chi connectivity index (χ1v) is 11.2. The fourth-order valence-electron chi connectivity index (χ4n) is 5.00. The Morgan fingerprint density at radius 2 is 1.62 bits per heavy atom. The number of benzene rings is 1. The second-order valence-corrected chi connectivity index (χ2v) is 8.62. The molecule has 2 fully saturated rings. The van der Waals surface area contributed by atoms with E-state index < -0.39 is 0 Å². The summed E-state index contributed by atoms with van der Waals surface area (Å²) in [5, 5.41) is 1.02. The molecule has 3 rings (SSSR count). The van der Waals surface area contributed by atoms with Gasteiger partial charge in [0.1, 0.15) is 0 Å². The molecule has 0 bridgehead atoms. The van der Waals surface area contributed by atoms with E-state index >= 15 is 0 Å². The fraction of sp³-hybridized carbons (Fsp3) is 0.739. The maximum atomic E-state index is 6.64. The molecule has 0 aliphatic heterocycles. The third-order valence-electron chi connectivity index (χ3n) is 6.52. The van der Waals surface area contributed by atoms with Crippen LogP contribution in [0.4, 0.5) is 0 Å². The van der Waals surface area contributed by atoms with E-state index in [2.05, 4.69) is 30.0 Å². The van der Waals surface area contributed by atoms with Crippen molar-refractivity contribution < 1.29 is 0 Å². The van der Waals surface area contributed by atoms with Gasteiger partial charge in [-0.05, 0) is 74.7 Å². The van der Waals surface area contributed by atoms with Crippen molar-refractivity contribution in [3.05, 3.63) is 34.3 Å². The predicted molar refractivity (Wildman–Crippen MR) is 117 cm³/mol. The van der Waals surface area contributed by atoms with Gasteiger partial charge in [-0.25, -0.2) is 0 Å². The molecule has 0 atom stereocenters. The third kappa shape index (κ3) is 6.14. The van der Waals surface area contributed by atoms with Gasteiger partial charge in [0.2, 0.25) is 0 Å². The second-order valence-electron chi connectivity index (χ2n) is 8.21. The van der Waals surface area contributed by atoms with Gasteiger partial charge < -0.3 is 4.90 Å². The van der Waals surface area contributed by atoms with E-state index in [0.717, 1.165) is 17.5 Å². The Bertz CT molecular complexity index is 519. The summed E-state index contributed by atoms with van der Waals surface area (Å²) in [6.07, 6.45) is 16.3. The quantitative estimate of drug-likeness (QED) is 0.463. The van der Waals surface area contributed by atoms with Crippen LogP contribution < -0.4 is 0 Å². The van der Waals surface area contributed by atoms with Gasteiger partial charge in [-0.3, -0.25) is 0 Å². The molecule has 26 heavy (non-hydrogen) atoms. The molecule has 148 valence electrons. The lowest BCUT2D eigenvalue weighted by atomic mass is 9.83. The number of nitrogens with zero attached hydrogens (tertiary/aromatic N) is 1. The van der Waals surface area contributed by atoms with Gasteiger partial charge in [-0.15, -0.1) is 12.4 Å². The molecular weight excluding hydrogens is 361 g/mol. The van der Waals surface area contributed by atoms with Crippen LogP contribution in [0.3, 0.4) is 0 Å². The molecule has 0 amide bonds. The largest absolute Gasteiger partial charge is 0.301 e. The monoisotopic (exact) mass is 397 g/mol. The van der Waals surface area contributed by atoms with Crippen molar-refractivity contribution in [3.8, 4) is 0 Å². The summed E-state index contributed by atoms with van der Waals surface area (Å²) in [5.74, 6) is 0.706. The molecule has 1 nitrogen and oxygen atoms in total. The zero-order valence-corrected chi connectivity index (χ0v) is 18.1. The second kappa shape index (κ2) is 11.6. The third-order valence-corrected chi connectivity index (χ3v) is 6.85. The van der Waals surface area contributed by atoms with Crippen molar-refractivity contribution in [3.63, 3.8) is 0 Å². The van der Waals surface area contributed by atoms with Crippen LogP contribution in [0.25, 0.3) is 0 Å². The highest BCUT2D eigenvalue weighted by atomic mass is 35.5. The molecule has 2 aliphatic carbocycles. The lowest BCUT2D eigenvalue weighted by molar-refractivity contribution is 0.162. The van der Waals surface area contributed by atoms with Gasteiger partial charge in [0.05, 0.1) is 0 Å². The summed E-state index contributed by atoms with van der Waals surface area (Å²) in [4.78, 5) is 2.72. The maximum absolute atomic E-state index is 6.64. The molecule has 1 aromatic carbocycles. The molecule has 0 unspecified atom stereocenters. The van der Waals surface area contributed by atoms with Crippen LogP contribution in [0.1, 0.15) is 94.6 Å². The zero-order valence-electron chi connectivity index (χ0n) is 16.5. The van der Waals surface area contributed by atoms with E-state index in [1.54, 1.807) is 0 Å². The Kier molecular flexibility index (Phi) is 9.81. The van der Waals surface area contributed by atoms with Crippen LogP contribution in [-0.4, -0.2) is 24.0 Å². The predicted octanol–water partition coefficient (Wildman–Crippen LogP) is 7.40. The van der Waals surface area contributed by atoms with E-state index in [4.69, 9.17) is 11.6 Å². The average molecular weight is 398 g/mol. The molecule has 0 saturated heterocycles.